The molecule has 12 nitrogen and oxygen atoms in total. The second kappa shape index (κ2) is 24.8. The van der Waals surface area contributed by atoms with Gasteiger partial charge in [0.1, 0.15) is 6.61 Å². The summed E-state index contributed by atoms with van der Waals surface area (Å²) in [6, 6.07) is 0.0900. The summed E-state index contributed by atoms with van der Waals surface area (Å²) in [4.78, 5) is 14.5. The molecule has 218 valence electrons. The van der Waals surface area contributed by atoms with E-state index in [9.17, 15) is 4.79 Å². The molecule has 37 heavy (non-hydrogen) atoms. The van der Waals surface area contributed by atoms with Crippen LogP contribution in [0, 0.1) is 11.3 Å². The highest BCUT2D eigenvalue weighted by atomic mass is 16.6. The van der Waals surface area contributed by atoms with Gasteiger partial charge in [-0.2, -0.15) is 0 Å². The van der Waals surface area contributed by atoms with Gasteiger partial charge in [0.15, 0.2) is 0 Å². The third-order valence-electron chi connectivity index (χ3n) is 5.18. The van der Waals surface area contributed by atoms with Gasteiger partial charge in [0.2, 0.25) is 5.91 Å². The Morgan fingerprint density at radius 1 is 0.757 bits per heavy atom. The van der Waals surface area contributed by atoms with E-state index in [1.165, 1.54) is 0 Å². The molecule has 2 unspecified atom stereocenters. The second-order valence-corrected chi connectivity index (χ2v) is 9.72. The van der Waals surface area contributed by atoms with Crippen molar-refractivity contribution in [3.05, 3.63) is 10.4 Å². The van der Waals surface area contributed by atoms with Crippen LogP contribution in [0.2, 0.25) is 0 Å². The van der Waals surface area contributed by atoms with Crippen LogP contribution in [-0.4, -0.2) is 111 Å². The number of azide groups is 1. The monoisotopic (exact) mass is 534 g/mol. The lowest BCUT2D eigenvalue weighted by molar-refractivity contribution is -0.127. The summed E-state index contributed by atoms with van der Waals surface area (Å²) in [5.41, 5.74) is 8.16. The molecular weight excluding hydrogens is 484 g/mol. The molecule has 0 saturated carbocycles. The smallest absolute Gasteiger partial charge is 0.246 e. The molecule has 0 aromatic carbocycles. The summed E-state index contributed by atoms with van der Waals surface area (Å²) in [7, 11) is 0. The number of nitrogens with zero attached hydrogens (tertiary/aromatic N) is 3. The molecule has 0 fully saturated rings. The fourth-order valence-electron chi connectivity index (χ4n) is 2.57. The molecule has 2 atom stereocenters. The molecular formula is C25H50N4O8. The molecule has 0 aliphatic rings. The summed E-state index contributed by atoms with van der Waals surface area (Å²) in [6.07, 6.45) is 0.728. The lowest BCUT2D eigenvalue weighted by Gasteiger charge is -2.28. The average Bonchev–Trinajstić information content (AvgIpc) is 2.84. The Morgan fingerprint density at radius 3 is 1.73 bits per heavy atom. The minimum Gasteiger partial charge on any atom is -0.379 e. The maximum absolute atomic E-state index is 11.8. The van der Waals surface area contributed by atoms with Gasteiger partial charge >= 0.3 is 0 Å². The zero-order valence-corrected chi connectivity index (χ0v) is 23.6. The van der Waals surface area contributed by atoms with Gasteiger partial charge in [-0.3, -0.25) is 4.79 Å². The van der Waals surface area contributed by atoms with Gasteiger partial charge < -0.3 is 38.5 Å². The molecule has 0 radical (unpaired) electrons. The highest BCUT2D eigenvalue weighted by Crippen LogP contribution is 2.18. The molecule has 0 aliphatic heterocycles. The van der Waals surface area contributed by atoms with Crippen molar-refractivity contribution in [1.29, 1.82) is 0 Å². The minimum absolute atomic E-state index is 0.0244. The first-order chi connectivity index (χ1) is 17.8. The van der Waals surface area contributed by atoms with Crippen molar-refractivity contribution >= 4 is 5.91 Å². The van der Waals surface area contributed by atoms with Crippen LogP contribution in [0.4, 0.5) is 0 Å². The third kappa shape index (κ3) is 25.9. The Hall–Kier alpha value is -1.50. The number of hydrogen-bond donors (Lipinski definition) is 1. The van der Waals surface area contributed by atoms with E-state index < -0.39 is 0 Å². The van der Waals surface area contributed by atoms with E-state index in [0.717, 1.165) is 6.42 Å². The van der Waals surface area contributed by atoms with Gasteiger partial charge in [-0.1, -0.05) is 32.8 Å². The summed E-state index contributed by atoms with van der Waals surface area (Å²) in [6.45, 7) is 17.4. The van der Waals surface area contributed by atoms with Crippen molar-refractivity contribution in [3.8, 4) is 0 Å². The highest BCUT2D eigenvalue weighted by Gasteiger charge is 2.21. The quantitative estimate of drug-likeness (QED) is 0.0772. The van der Waals surface area contributed by atoms with Crippen LogP contribution in [0.25, 0.3) is 10.4 Å². The zero-order chi connectivity index (χ0) is 27.6. The second-order valence-electron chi connectivity index (χ2n) is 9.72. The summed E-state index contributed by atoms with van der Waals surface area (Å²) >= 11 is 0. The number of nitrogens with one attached hydrogen (secondary N) is 1. The fraction of sp³-hybridized carbons (Fsp3) is 0.960. The molecule has 12 heteroatoms. The third-order valence-corrected chi connectivity index (χ3v) is 5.18. The first-order valence-corrected chi connectivity index (χ1v) is 13.1. The molecule has 1 N–H and O–H groups in total. The van der Waals surface area contributed by atoms with Crippen molar-refractivity contribution in [3.63, 3.8) is 0 Å². The maximum Gasteiger partial charge on any atom is 0.246 e. The maximum atomic E-state index is 11.8. The van der Waals surface area contributed by atoms with Crippen molar-refractivity contribution in [2.45, 2.75) is 47.1 Å². The van der Waals surface area contributed by atoms with Crippen LogP contribution in [0.5, 0.6) is 0 Å². The zero-order valence-electron chi connectivity index (χ0n) is 23.6. The molecule has 0 bridgehead atoms. The van der Waals surface area contributed by atoms with Crippen LogP contribution >= 0.6 is 0 Å². The van der Waals surface area contributed by atoms with Crippen LogP contribution in [0.1, 0.15) is 41.0 Å². The summed E-state index contributed by atoms with van der Waals surface area (Å²) < 4.78 is 38.2. The van der Waals surface area contributed by atoms with Crippen LogP contribution in [0.15, 0.2) is 5.11 Å². The van der Waals surface area contributed by atoms with Gasteiger partial charge in [0.25, 0.3) is 0 Å². The molecule has 0 rings (SSSR count). The number of ether oxygens (including phenoxy) is 7. The molecule has 0 aliphatic carbocycles. The van der Waals surface area contributed by atoms with Gasteiger partial charge in [-0.25, -0.2) is 0 Å². The molecule has 0 spiro atoms. The predicted octanol–water partition coefficient (Wildman–Crippen LogP) is 2.99. The Labute approximate surface area is 222 Å². The van der Waals surface area contributed by atoms with Crippen LogP contribution in [0.3, 0.4) is 0 Å². The molecule has 1 amide bonds. The normalized spacial score (nSPS) is 13.2. The van der Waals surface area contributed by atoms with E-state index in [0.29, 0.717) is 92.4 Å². The highest BCUT2D eigenvalue weighted by molar-refractivity contribution is 5.77. The Bertz CT molecular complexity index is 586. The predicted molar refractivity (Wildman–Crippen MR) is 141 cm³/mol. The first kappa shape index (κ1) is 35.5. The summed E-state index contributed by atoms with van der Waals surface area (Å²) in [5, 5.41) is 6.32. The van der Waals surface area contributed by atoms with Crippen molar-refractivity contribution in [1.82, 2.24) is 5.32 Å². The minimum atomic E-state index is -0.0923. The van der Waals surface area contributed by atoms with Crippen LogP contribution in [-0.2, 0) is 38.0 Å². The van der Waals surface area contributed by atoms with E-state index in [-0.39, 0.29) is 29.9 Å². The lowest BCUT2D eigenvalue weighted by Crippen LogP contribution is -2.43. The van der Waals surface area contributed by atoms with E-state index in [1.807, 2.05) is 6.92 Å². The lowest BCUT2D eigenvalue weighted by atomic mass is 9.88. The average molecular weight is 535 g/mol. The van der Waals surface area contributed by atoms with E-state index in [1.54, 1.807) is 0 Å². The largest absolute Gasteiger partial charge is 0.379 e. The van der Waals surface area contributed by atoms with Crippen molar-refractivity contribution in [2.75, 3.05) is 99.0 Å². The van der Waals surface area contributed by atoms with E-state index in [2.05, 4.69) is 43.0 Å². The van der Waals surface area contributed by atoms with Crippen molar-refractivity contribution in [2.24, 2.45) is 16.4 Å². The van der Waals surface area contributed by atoms with E-state index in [4.69, 9.17) is 38.7 Å². The van der Waals surface area contributed by atoms with Gasteiger partial charge in [0, 0.05) is 36.6 Å². The fourth-order valence-corrected chi connectivity index (χ4v) is 2.57. The van der Waals surface area contributed by atoms with Gasteiger partial charge in [-0.15, -0.1) is 0 Å². The Kier molecular flexibility index (Phi) is 23.8. The van der Waals surface area contributed by atoms with Gasteiger partial charge in [0.05, 0.1) is 72.7 Å². The molecule has 0 heterocycles. The molecule has 0 saturated heterocycles. The SMILES string of the molecule is CC(COCCOCCOCCCOCC(=O)NC(C)C(C)(C)C)COCCOCCOCCN=[N+]=[N-]. The van der Waals surface area contributed by atoms with Crippen LogP contribution < -0.4 is 5.32 Å². The standard InChI is InChI=1S/C25H50N4O8/c1-22(20-37-18-16-34-14-12-32-10-7-27-29-26)19-36-17-15-33-13-11-31-8-6-9-35-21-24(30)28-23(2)25(3,4)5/h22-23H,6-21H2,1-5H3,(H,28,30). The van der Waals surface area contributed by atoms with Gasteiger partial charge in [-0.05, 0) is 24.3 Å². The molecule has 0 aromatic rings. The Balaban J connectivity index is 3.30. The van der Waals surface area contributed by atoms with Crippen molar-refractivity contribution < 1.29 is 38.0 Å². The number of amides is 1. The van der Waals surface area contributed by atoms with E-state index >= 15 is 0 Å². The summed E-state index contributed by atoms with van der Waals surface area (Å²) in [5.74, 6) is 0.188. The number of hydrogen-bond acceptors (Lipinski definition) is 9. The number of carbonyl (C=O) groups is 1. The topological polar surface area (TPSA) is 142 Å². The number of carbonyl (C=O) groups excluding carboxylic acids is 1. The first-order valence-electron chi connectivity index (χ1n) is 13.1. The number of rotatable bonds is 26. The Morgan fingerprint density at radius 2 is 1.22 bits per heavy atom. The molecule has 0 aromatic heterocycles.